The van der Waals surface area contributed by atoms with Crippen LogP contribution in [0.3, 0.4) is 0 Å². The van der Waals surface area contributed by atoms with Crippen molar-refractivity contribution in [1.82, 2.24) is 9.97 Å². The predicted octanol–water partition coefficient (Wildman–Crippen LogP) is 5.38. The van der Waals surface area contributed by atoms with Gasteiger partial charge in [0.1, 0.15) is 0 Å². The molecule has 1 aromatic carbocycles. The van der Waals surface area contributed by atoms with E-state index in [4.69, 9.17) is 9.97 Å². The lowest BCUT2D eigenvalue weighted by Gasteiger charge is -2.20. The maximum atomic E-state index is 4.94. The summed E-state index contributed by atoms with van der Waals surface area (Å²) < 4.78 is 0. The number of nitrogens with zero attached hydrogens (tertiary/aromatic N) is 2. The fraction of sp³-hybridized carbons (Fsp3) is 0.400. The second kappa shape index (κ2) is 4.77. The number of aromatic nitrogens is 2. The monoisotopic (exact) mass is 292 g/mol. The quantitative estimate of drug-likeness (QED) is 0.520. The fourth-order valence-electron chi connectivity index (χ4n) is 2.60. The van der Waals surface area contributed by atoms with Gasteiger partial charge in [0, 0.05) is 33.0 Å². The molecule has 2 nitrogen and oxygen atoms in total. The van der Waals surface area contributed by atoms with E-state index < -0.39 is 0 Å². The van der Waals surface area contributed by atoms with Crippen molar-refractivity contribution in [3.05, 3.63) is 47.8 Å². The molecule has 0 aliphatic carbocycles. The Balaban J connectivity index is 2.36. The SMILES string of the molecule is CC(C)(C)c1ccc2ccc3ccc(C(C)(C)C)nc3c2n1. The molecule has 3 aromatic rings. The highest BCUT2D eigenvalue weighted by molar-refractivity contribution is 6.02. The Bertz CT molecular complexity index is 776. The molecule has 0 saturated heterocycles. The molecule has 0 aliphatic heterocycles. The van der Waals surface area contributed by atoms with E-state index in [0.717, 1.165) is 33.2 Å². The van der Waals surface area contributed by atoms with Gasteiger partial charge in [-0.2, -0.15) is 0 Å². The molecule has 0 unspecified atom stereocenters. The molecular formula is C20H24N2. The average molecular weight is 292 g/mol. The fourth-order valence-corrected chi connectivity index (χ4v) is 2.60. The van der Waals surface area contributed by atoms with E-state index in [2.05, 4.69) is 77.9 Å². The van der Waals surface area contributed by atoms with E-state index in [0.29, 0.717) is 0 Å². The normalized spacial score (nSPS) is 13.0. The Morgan fingerprint density at radius 1 is 0.545 bits per heavy atom. The van der Waals surface area contributed by atoms with E-state index in [-0.39, 0.29) is 10.8 Å². The van der Waals surface area contributed by atoms with Crippen LogP contribution in [0.4, 0.5) is 0 Å². The van der Waals surface area contributed by atoms with Crippen molar-refractivity contribution >= 4 is 21.8 Å². The first-order valence-corrected chi connectivity index (χ1v) is 7.88. The minimum atomic E-state index is 0.0397. The molecule has 0 radical (unpaired) electrons. The minimum Gasteiger partial charge on any atom is -0.250 e. The number of pyridine rings is 2. The Hall–Kier alpha value is -1.96. The third-order valence-corrected chi connectivity index (χ3v) is 4.06. The van der Waals surface area contributed by atoms with Crippen LogP contribution in [0.1, 0.15) is 52.9 Å². The van der Waals surface area contributed by atoms with Gasteiger partial charge in [-0.05, 0) is 12.1 Å². The summed E-state index contributed by atoms with van der Waals surface area (Å²) >= 11 is 0. The lowest BCUT2D eigenvalue weighted by Crippen LogP contribution is -2.14. The van der Waals surface area contributed by atoms with Crippen molar-refractivity contribution in [3.63, 3.8) is 0 Å². The van der Waals surface area contributed by atoms with Gasteiger partial charge in [0.25, 0.3) is 0 Å². The molecule has 114 valence electrons. The van der Waals surface area contributed by atoms with Crippen molar-refractivity contribution in [3.8, 4) is 0 Å². The maximum Gasteiger partial charge on any atom is 0.0968 e. The number of benzene rings is 1. The molecule has 2 heterocycles. The Morgan fingerprint density at radius 2 is 0.864 bits per heavy atom. The average Bonchev–Trinajstić information content (AvgIpc) is 2.44. The van der Waals surface area contributed by atoms with Gasteiger partial charge in [-0.1, -0.05) is 65.8 Å². The third-order valence-electron chi connectivity index (χ3n) is 4.06. The summed E-state index contributed by atoms with van der Waals surface area (Å²) in [5.74, 6) is 0. The molecule has 0 fully saturated rings. The van der Waals surface area contributed by atoms with Crippen LogP contribution in [0, 0.1) is 0 Å². The first-order valence-electron chi connectivity index (χ1n) is 7.88. The molecule has 0 saturated carbocycles. The van der Waals surface area contributed by atoms with Gasteiger partial charge in [-0.3, -0.25) is 0 Å². The Labute approximate surface area is 132 Å². The van der Waals surface area contributed by atoms with Crippen LogP contribution in [0.2, 0.25) is 0 Å². The van der Waals surface area contributed by atoms with E-state index >= 15 is 0 Å². The van der Waals surface area contributed by atoms with E-state index in [1.807, 2.05) is 0 Å². The third kappa shape index (κ3) is 2.58. The summed E-state index contributed by atoms with van der Waals surface area (Å²) in [6.45, 7) is 13.2. The largest absolute Gasteiger partial charge is 0.250 e. The van der Waals surface area contributed by atoms with E-state index in [9.17, 15) is 0 Å². The first-order chi connectivity index (χ1) is 10.2. The van der Waals surface area contributed by atoms with Gasteiger partial charge in [0.05, 0.1) is 11.0 Å². The zero-order valence-corrected chi connectivity index (χ0v) is 14.4. The van der Waals surface area contributed by atoms with E-state index in [1.165, 1.54) is 0 Å². The number of hydrogen-bond acceptors (Lipinski definition) is 2. The maximum absolute atomic E-state index is 4.94. The number of rotatable bonds is 0. The zero-order valence-electron chi connectivity index (χ0n) is 14.4. The summed E-state index contributed by atoms with van der Waals surface area (Å²) in [7, 11) is 0. The highest BCUT2D eigenvalue weighted by atomic mass is 14.8. The molecular weight excluding hydrogens is 268 g/mol. The summed E-state index contributed by atoms with van der Waals surface area (Å²) in [4.78, 5) is 9.87. The molecule has 0 atom stereocenters. The smallest absolute Gasteiger partial charge is 0.0968 e. The Kier molecular flexibility index (Phi) is 3.24. The molecule has 22 heavy (non-hydrogen) atoms. The zero-order chi connectivity index (χ0) is 16.1. The van der Waals surface area contributed by atoms with Gasteiger partial charge in [0.2, 0.25) is 0 Å². The van der Waals surface area contributed by atoms with E-state index in [1.54, 1.807) is 0 Å². The highest BCUT2D eigenvalue weighted by Crippen LogP contribution is 2.29. The van der Waals surface area contributed by atoms with Gasteiger partial charge >= 0.3 is 0 Å². The molecule has 0 spiro atoms. The summed E-state index contributed by atoms with van der Waals surface area (Å²) in [6, 6.07) is 12.8. The van der Waals surface area contributed by atoms with Crippen molar-refractivity contribution in [1.29, 1.82) is 0 Å². The minimum absolute atomic E-state index is 0.0397. The standard InChI is InChI=1S/C20H24N2/c1-19(2,3)15-11-9-13-7-8-14-10-12-16(20(4,5)6)22-18(14)17(13)21-15/h7-12H,1-6H3. The van der Waals surface area contributed by atoms with Gasteiger partial charge in [0.15, 0.2) is 0 Å². The van der Waals surface area contributed by atoms with Crippen molar-refractivity contribution in [2.24, 2.45) is 0 Å². The summed E-state index contributed by atoms with van der Waals surface area (Å²) in [6.07, 6.45) is 0. The summed E-state index contributed by atoms with van der Waals surface area (Å²) in [5.41, 5.74) is 4.31. The van der Waals surface area contributed by atoms with Crippen LogP contribution >= 0.6 is 0 Å². The van der Waals surface area contributed by atoms with Crippen LogP contribution in [0.15, 0.2) is 36.4 Å². The van der Waals surface area contributed by atoms with Gasteiger partial charge < -0.3 is 0 Å². The molecule has 2 heteroatoms. The molecule has 2 aromatic heterocycles. The molecule has 0 bridgehead atoms. The van der Waals surface area contributed by atoms with Crippen LogP contribution in [-0.2, 0) is 10.8 Å². The second-order valence-electron chi connectivity index (χ2n) is 8.10. The highest BCUT2D eigenvalue weighted by Gasteiger charge is 2.18. The lowest BCUT2D eigenvalue weighted by atomic mass is 9.90. The van der Waals surface area contributed by atoms with Crippen molar-refractivity contribution in [2.45, 2.75) is 52.4 Å². The molecule has 0 aliphatic rings. The van der Waals surface area contributed by atoms with Gasteiger partial charge in [-0.25, -0.2) is 9.97 Å². The van der Waals surface area contributed by atoms with Crippen LogP contribution < -0.4 is 0 Å². The second-order valence-corrected chi connectivity index (χ2v) is 8.10. The van der Waals surface area contributed by atoms with Crippen LogP contribution in [0.5, 0.6) is 0 Å². The Morgan fingerprint density at radius 3 is 1.18 bits per heavy atom. The van der Waals surface area contributed by atoms with Crippen molar-refractivity contribution < 1.29 is 0 Å². The topological polar surface area (TPSA) is 25.8 Å². The molecule has 3 rings (SSSR count). The first kappa shape index (κ1) is 15.0. The lowest BCUT2D eigenvalue weighted by molar-refractivity contribution is 0.570. The molecule has 0 amide bonds. The number of hydrogen-bond donors (Lipinski definition) is 0. The summed E-state index contributed by atoms with van der Waals surface area (Å²) in [5, 5.41) is 2.30. The predicted molar refractivity (Wildman–Crippen MR) is 94.4 cm³/mol. The number of fused-ring (bicyclic) bond motifs is 3. The van der Waals surface area contributed by atoms with Crippen LogP contribution in [0.25, 0.3) is 21.8 Å². The van der Waals surface area contributed by atoms with Gasteiger partial charge in [-0.15, -0.1) is 0 Å². The molecule has 0 N–H and O–H groups in total. The van der Waals surface area contributed by atoms with Crippen LogP contribution in [-0.4, -0.2) is 9.97 Å². The van der Waals surface area contributed by atoms with Crippen molar-refractivity contribution in [2.75, 3.05) is 0 Å².